The lowest BCUT2D eigenvalue weighted by Crippen LogP contribution is -2.00. The maximum atomic E-state index is 3.48. The lowest BCUT2D eigenvalue weighted by atomic mass is 10.2. The van der Waals surface area contributed by atoms with Crippen LogP contribution in [0.5, 0.6) is 0 Å². The molecule has 18 heavy (non-hydrogen) atoms. The number of rotatable bonds is 0. The van der Waals surface area contributed by atoms with Gasteiger partial charge in [0.15, 0.2) is 0 Å². The Hall–Kier alpha value is 1.51. The van der Waals surface area contributed by atoms with Crippen LogP contribution in [0.1, 0.15) is 0 Å². The van der Waals surface area contributed by atoms with Gasteiger partial charge in [-0.2, -0.15) is 0 Å². The average molecular weight is 709 g/mol. The van der Waals surface area contributed by atoms with Crippen LogP contribution in [0.4, 0.5) is 11.4 Å². The second-order valence-electron chi connectivity index (χ2n) is 3.34. The first kappa shape index (κ1) is 19.5. The molecule has 98 valence electrons. The van der Waals surface area contributed by atoms with E-state index >= 15 is 0 Å². The standard InChI is InChI=1S/C12H8INS.3HI/c13-8-4-3-7-11-12(8)14-9-5-1-2-6-10(9)15-11;;;/h1-7,14H;3*1H. The summed E-state index contributed by atoms with van der Waals surface area (Å²) in [4.78, 5) is 2.60. The van der Waals surface area contributed by atoms with Crippen molar-refractivity contribution in [3.63, 3.8) is 0 Å². The van der Waals surface area contributed by atoms with Gasteiger partial charge in [-0.25, -0.2) is 0 Å². The molecule has 0 bridgehead atoms. The summed E-state index contributed by atoms with van der Waals surface area (Å²) in [5.74, 6) is 0. The number of nitrogens with one attached hydrogen (secondary N) is 1. The van der Waals surface area contributed by atoms with Crippen molar-refractivity contribution in [3.05, 3.63) is 46.0 Å². The first-order valence-electron chi connectivity index (χ1n) is 4.67. The van der Waals surface area contributed by atoms with Crippen molar-refractivity contribution in [3.8, 4) is 0 Å². The fourth-order valence-corrected chi connectivity index (χ4v) is 3.46. The fourth-order valence-electron chi connectivity index (χ4n) is 1.62. The largest absolute Gasteiger partial charge is 0.353 e. The van der Waals surface area contributed by atoms with Gasteiger partial charge in [-0.1, -0.05) is 30.0 Å². The molecule has 0 saturated carbocycles. The first-order valence-corrected chi connectivity index (χ1v) is 6.56. The molecule has 0 radical (unpaired) electrons. The highest BCUT2D eigenvalue weighted by Gasteiger charge is 2.16. The molecule has 1 nitrogen and oxygen atoms in total. The Balaban J connectivity index is 0.000000963. The molecule has 0 atom stereocenters. The molecule has 0 amide bonds. The zero-order valence-corrected chi connectivity index (χ0v) is 19.0. The molecule has 2 aromatic carbocycles. The van der Waals surface area contributed by atoms with Crippen molar-refractivity contribution in [2.24, 2.45) is 0 Å². The van der Waals surface area contributed by atoms with E-state index in [2.05, 4.69) is 70.4 Å². The van der Waals surface area contributed by atoms with Crippen LogP contribution in [0.25, 0.3) is 0 Å². The molecule has 0 aliphatic carbocycles. The lowest BCUT2D eigenvalue weighted by Gasteiger charge is -2.21. The fraction of sp³-hybridized carbons (Fsp3) is 0. The number of benzene rings is 2. The quantitative estimate of drug-likeness (QED) is 0.274. The van der Waals surface area contributed by atoms with E-state index in [-0.39, 0.29) is 71.9 Å². The molecule has 1 N–H and O–H groups in total. The number of anilines is 2. The minimum Gasteiger partial charge on any atom is -0.353 e. The van der Waals surface area contributed by atoms with Gasteiger partial charge in [0.05, 0.1) is 11.4 Å². The van der Waals surface area contributed by atoms with Crippen molar-refractivity contribution in [2.45, 2.75) is 9.79 Å². The van der Waals surface area contributed by atoms with Gasteiger partial charge < -0.3 is 5.32 Å². The monoisotopic (exact) mass is 709 g/mol. The third-order valence-electron chi connectivity index (χ3n) is 2.34. The molecule has 0 saturated heterocycles. The van der Waals surface area contributed by atoms with Crippen LogP contribution in [0.2, 0.25) is 0 Å². The highest BCUT2D eigenvalue weighted by atomic mass is 127. The molecule has 0 fully saturated rings. The molecule has 1 aliphatic heterocycles. The predicted octanol–water partition coefficient (Wildman–Crippen LogP) is 6.35. The predicted molar refractivity (Wildman–Crippen MR) is 119 cm³/mol. The number of hydrogen-bond donors (Lipinski definition) is 1. The van der Waals surface area contributed by atoms with Crippen molar-refractivity contribution < 1.29 is 0 Å². The Morgan fingerprint density at radius 2 is 1.50 bits per heavy atom. The third kappa shape index (κ3) is 4.01. The van der Waals surface area contributed by atoms with E-state index in [0.29, 0.717) is 0 Å². The second kappa shape index (κ2) is 8.72. The highest BCUT2D eigenvalue weighted by molar-refractivity contribution is 14.1. The molecule has 1 heterocycles. The highest BCUT2D eigenvalue weighted by Crippen LogP contribution is 2.45. The van der Waals surface area contributed by atoms with E-state index in [9.17, 15) is 0 Å². The maximum absolute atomic E-state index is 3.48. The van der Waals surface area contributed by atoms with Gasteiger partial charge in [-0.05, 0) is 46.9 Å². The van der Waals surface area contributed by atoms with Crippen molar-refractivity contribution in [1.82, 2.24) is 0 Å². The summed E-state index contributed by atoms with van der Waals surface area (Å²) in [6.45, 7) is 0. The zero-order valence-electron chi connectivity index (χ0n) is 9.05. The van der Waals surface area contributed by atoms with Crippen LogP contribution in [0.3, 0.4) is 0 Å². The molecule has 0 aromatic heterocycles. The molecule has 0 spiro atoms. The van der Waals surface area contributed by atoms with Crippen LogP contribution >= 0.6 is 106 Å². The molecule has 3 rings (SSSR count). The van der Waals surface area contributed by atoms with Crippen LogP contribution in [-0.4, -0.2) is 0 Å². The summed E-state index contributed by atoms with van der Waals surface area (Å²) < 4.78 is 1.27. The smallest absolute Gasteiger partial charge is 0.0661 e. The number of fused-ring (bicyclic) bond motifs is 2. The SMILES string of the molecule is I.I.I.Ic1cccc2c1Nc1ccccc1S2. The minimum atomic E-state index is 0. The summed E-state index contributed by atoms with van der Waals surface area (Å²) >= 11 is 4.20. The van der Waals surface area contributed by atoms with Gasteiger partial charge in [0.1, 0.15) is 0 Å². The van der Waals surface area contributed by atoms with E-state index in [4.69, 9.17) is 0 Å². The van der Waals surface area contributed by atoms with E-state index in [1.165, 1.54) is 24.7 Å². The van der Waals surface area contributed by atoms with E-state index in [1.54, 1.807) is 0 Å². The summed E-state index contributed by atoms with van der Waals surface area (Å²) in [5.41, 5.74) is 2.45. The molecule has 2 aromatic rings. The van der Waals surface area contributed by atoms with Crippen LogP contribution in [-0.2, 0) is 0 Å². The van der Waals surface area contributed by atoms with E-state index in [0.717, 1.165) is 0 Å². The first-order chi connectivity index (χ1) is 7.34. The second-order valence-corrected chi connectivity index (χ2v) is 5.58. The van der Waals surface area contributed by atoms with E-state index < -0.39 is 0 Å². The number of hydrogen-bond acceptors (Lipinski definition) is 2. The topological polar surface area (TPSA) is 12.0 Å². The van der Waals surface area contributed by atoms with Gasteiger partial charge in [0, 0.05) is 13.4 Å². The van der Waals surface area contributed by atoms with E-state index in [1.807, 2.05) is 11.8 Å². The van der Waals surface area contributed by atoms with Crippen molar-refractivity contribution in [1.29, 1.82) is 0 Å². The average Bonchev–Trinajstić information content (AvgIpc) is 2.27. The number of halogens is 4. The van der Waals surface area contributed by atoms with Gasteiger partial charge in [-0.15, -0.1) is 71.9 Å². The van der Waals surface area contributed by atoms with Crippen molar-refractivity contribution >= 4 is 118 Å². The molecule has 0 unspecified atom stereocenters. The lowest BCUT2D eigenvalue weighted by molar-refractivity contribution is 1.30. The Kier molecular flexibility index (Phi) is 9.45. The van der Waals surface area contributed by atoms with Crippen LogP contribution in [0, 0.1) is 3.57 Å². The van der Waals surface area contributed by atoms with Gasteiger partial charge in [-0.3, -0.25) is 0 Å². The minimum absolute atomic E-state index is 0. The maximum Gasteiger partial charge on any atom is 0.0661 e. The third-order valence-corrected chi connectivity index (χ3v) is 4.38. The van der Waals surface area contributed by atoms with Crippen molar-refractivity contribution in [2.75, 3.05) is 5.32 Å². The molecular formula is C12H11I4NS. The number of para-hydroxylation sites is 2. The summed E-state index contributed by atoms with van der Waals surface area (Å²) in [6.07, 6.45) is 0. The normalized spacial score (nSPS) is 10.5. The molecule has 6 heteroatoms. The Labute approximate surface area is 176 Å². The van der Waals surface area contributed by atoms with Crippen LogP contribution < -0.4 is 5.32 Å². The molecule has 1 aliphatic rings. The van der Waals surface area contributed by atoms with Gasteiger partial charge >= 0.3 is 0 Å². The Bertz CT molecular complexity index is 533. The summed E-state index contributed by atoms with van der Waals surface area (Å²) in [6, 6.07) is 14.8. The molecular weight excluding hydrogens is 698 g/mol. The summed E-state index contributed by atoms with van der Waals surface area (Å²) in [7, 11) is 0. The Morgan fingerprint density at radius 1 is 0.833 bits per heavy atom. The zero-order chi connectivity index (χ0) is 10.3. The van der Waals surface area contributed by atoms with Crippen LogP contribution in [0.15, 0.2) is 52.3 Å². The van der Waals surface area contributed by atoms with Gasteiger partial charge in [0.2, 0.25) is 0 Å². The van der Waals surface area contributed by atoms with Gasteiger partial charge in [0.25, 0.3) is 0 Å². The summed E-state index contributed by atoms with van der Waals surface area (Å²) in [5, 5.41) is 3.48. The Morgan fingerprint density at radius 3 is 2.28 bits per heavy atom.